The van der Waals surface area contributed by atoms with E-state index in [-0.39, 0.29) is 23.4 Å². The van der Waals surface area contributed by atoms with Gasteiger partial charge < -0.3 is 14.9 Å². The first-order chi connectivity index (χ1) is 15.0. The summed E-state index contributed by atoms with van der Waals surface area (Å²) in [4.78, 5) is 15.6. The molecule has 31 heavy (non-hydrogen) atoms. The van der Waals surface area contributed by atoms with Crippen LogP contribution < -0.4 is 4.74 Å². The Hall–Kier alpha value is -3.31. The number of aromatic hydroxyl groups is 2. The van der Waals surface area contributed by atoms with Crippen molar-refractivity contribution in [3.05, 3.63) is 77.9 Å². The monoisotopic (exact) mass is 417 g/mol. The molecule has 1 aliphatic heterocycles. The molecular weight excluding hydrogens is 390 g/mol. The Labute approximate surface area is 182 Å². The number of ether oxygens (including phenoxy) is 1. The molecule has 1 unspecified atom stereocenters. The molecule has 0 aromatic heterocycles. The van der Waals surface area contributed by atoms with E-state index < -0.39 is 0 Å². The quantitative estimate of drug-likeness (QED) is 0.561. The van der Waals surface area contributed by atoms with Gasteiger partial charge in [-0.25, -0.2) is 0 Å². The third-order valence-corrected chi connectivity index (χ3v) is 5.75. The second kappa shape index (κ2) is 9.23. The number of ketones is 1. The third kappa shape index (κ3) is 4.89. The van der Waals surface area contributed by atoms with Crippen LogP contribution in [0.4, 0.5) is 0 Å². The highest BCUT2D eigenvalue weighted by molar-refractivity contribution is 6.13. The molecule has 1 atom stereocenters. The molecule has 0 radical (unpaired) electrons. The second-order valence-corrected chi connectivity index (χ2v) is 7.91. The summed E-state index contributed by atoms with van der Waals surface area (Å²) >= 11 is 0. The number of likely N-dealkylation sites (tertiary alicyclic amines) is 1. The van der Waals surface area contributed by atoms with Gasteiger partial charge in [-0.05, 0) is 91.7 Å². The van der Waals surface area contributed by atoms with E-state index in [1.54, 1.807) is 48.5 Å². The minimum absolute atomic E-state index is 0.0805. The number of carbonyl (C=O) groups is 1. The van der Waals surface area contributed by atoms with Gasteiger partial charge in [0.25, 0.3) is 0 Å². The minimum atomic E-state index is -0.135. The molecule has 0 saturated carbocycles. The topological polar surface area (TPSA) is 70.0 Å². The normalized spacial score (nSPS) is 16.7. The molecular formula is C26H27NO4. The molecule has 4 rings (SSSR count). The van der Waals surface area contributed by atoms with Crippen LogP contribution in [0.25, 0.3) is 11.1 Å². The van der Waals surface area contributed by atoms with E-state index in [0.29, 0.717) is 16.7 Å². The van der Waals surface area contributed by atoms with E-state index in [9.17, 15) is 15.0 Å². The van der Waals surface area contributed by atoms with Crippen molar-refractivity contribution < 1.29 is 19.7 Å². The Morgan fingerprint density at radius 2 is 1.71 bits per heavy atom. The summed E-state index contributed by atoms with van der Waals surface area (Å²) in [6, 6.07) is 18.5. The van der Waals surface area contributed by atoms with Gasteiger partial charge in [0, 0.05) is 17.7 Å². The summed E-state index contributed by atoms with van der Waals surface area (Å²) in [6.07, 6.45) is 2.35. The fourth-order valence-corrected chi connectivity index (χ4v) is 4.04. The second-order valence-electron chi connectivity index (χ2n) is 7.91. The van der Waals surface area contributed by atoms with E-state index in [0.717, 1.165) is 43.8 Å². The number of hydrogen-bond acceptors (Lipinski definition) is 5. The molecule has 5 heteroatoms. The zero-order valence-electron chi connectivity index (χ0n) is 17.6. The van der Waals surface area contributed by atoms with Crippen LogP contribution in [0, 0.1) is 0 Å². The Morgan fingerprint density at radius 1 is 1.00 bits per heavy atom. The smallest absolute Gasteiger partial charge is 0.193 e. The molecule has 3 aromatic carbocycles. The average Bonchev–Trinajstić information content (AvgIpc) is 2.80. The number of rotatable bonds is 6. The van der Waals surface area contributed by atoms with Crippen molar-refractivity contribution >= 4 is 5.78 Å². The van der Waals surface area contributed by atoms with Gasteiger partial charge in [0.05, 0.1) is 0 Å². The summed E-state index contributed by atoms with van der Waals surface area (Å²) in [5.41, 5.74) is 2.40. The summed E-state index contributed by atoms with van der Waals surface area (Å²) in [5.74, 6) is 0.859. The number of carbonyl (C=O) groups excluding carboxylic acids is 1. The van der Waals surface area contributed by atoms with Crippen molar-refractivity contribution in [3.8, 4) is 28.4 Å². The first kappa shape index (κ1) is 20.9. The lowest BCUT2D eigenvalue weighted by atomic mass is 9.93. The van der Waals surface area contributed by atoms with Crippen molar-refractivity contribution in [1.82, 2.24) is 4.90 Å². The first-order valence-corrected chi connectivity index (χ1v) is 10.7. The fourth-order valence-electron chi connectivity index (χ4n) is 4.04. The number of hydrogen-bond donors (Lipinski definition) is 2. The molecule has 0 spiro atoms. The van der Waals surface area contributed by atoms with Gasteiger partial charge in [0.2, 0.25) is 0 Å². The van der Waals surface area contributed by atoms with Crippen molar-refractivity contribution in [2.75, 3.05) is 19.6 Å². The Balaban J connectivity index is 1.54. The molecule has 2 N–H and O–H groups in total. The lowest BCUT2D eigenvalue weighted by Gasteiger charge is -2.32. The lowest BCUT2D eigenvalue weighted by Crippen LogP contribution is -2.40. The van der Waals surface area contributed by atoms with Crippen LogP contribution >= 0.6 is 0 Å². The SMILES string of the molecule is CCN1CCCC(Oc2ccc(C(=O)c3ccc(O)cc3-c3ccc(O)cc3)cc2)C1. The molecule has 1 saturated heterocycles. The highest BCUT2D eigenvalue weighted by Gasteiger charge is 2.20. The molecule has 0 bridgehead atoms. The first-order valence-electron chi connectivity index (χ1n) is 10.7. The van der Waals surface area contributed by atoms with E-state index in [2.05, 4.69) is 11.8 Å². The zero-order chi connectivity index (χ0) is 21.8. The van der Waals surface area contributed by atoms with Crippen LogP contribution in [0.2, 0.25) is 0 Å². The number of likely N-dealkylation sites (N-methyl/N-ethyl adjacent to an activating group) is 1. The van der Waals surface area contributed by atoms with Crippen LogP contribution in [-0.2, 0) is 0 Å². The molecule has 1 aliphatic rings. The third-order valence-electron chi connectivity index (χ3n) is 5.75. The van der Waals surface area contributed by atoms with Crippen molar-refractivity contribution in [2.45, 2.75) is 25.9 Å². The molecule has 0 amide bonds. The Morgan fingerprint density at radius 3 is 2.42 bits per heavy atom. The van der Waals surface area contributed by atoms with Crippen molar-refractivity contribution in [1.29, 1.82) is 0 Å². The summed E-state index contributed by atoms with van der Waals surface area (Å²) < 4.78 is 6.14. The summed E-state index contributed by atoms with van der Waals surface area (Å²) in [6.45, 7) is 5.25. The summed E-state index contributed by atoms with van der Waals surface area (Å²) in [7, 11) is 0. The average molecular weight is 418 g/mol. The van der Waals surface area contributed by atoms with E-state index in [4.69, 9.17) is 4.74 Å². The fraction of sp³-hybridized carbons (Fsp3) is 0.269. The van der Waals surface area contributed by atoms with Crippen molar-refractivity contribution in [2.24, 2.45) is 0 Å². The number of phenols is 2. The van der Waals surface area contributed by atoms with Crippen molar-refractivity contribution in [3.63, 3.8) is 0 Å². The van der Waals surface area contributed by atoms with Crippen LogP contribution in [0.3, 0.4) is 0 Å². The largest absolute Gasteiger partial charge is 0.508 e. The van der Waals surface area contributed by atoms with Gasteiger partial charge in [-0.1, -0.05) is 19.1 Å². The lowest BCUT2D eigenvalue weighted by molar-refractivity contribution is 0.0919. The van der Waals surface area contributed by atoms with Gasteiger partial charge in [-0.15, -0.1) is 0 Å². The Bertz CT molecular complexity index is 1040. The maximum atomic E-state index is 13.2. The zero-order valence-corrected chi connectivity index (χ0v) is 17.6. The standard InChI is InChI=1S/C26H27NO4/c1-2-27-15-3-4-23(17-27)31-22-12-7-19(8-13-22)26(30)24-14-11-21(29)16-25(24)18-5-9-20(28)10-6-18/h5-14,16,23,28-29H,2-4,15,17H2,1H3. The molecule has 160 valence electrons. The van der Waals surface area contributed by atoms with Crippen LogP contribution in [0.5, 0.6) is 17.2 Å². The van der Waals surface area contributed by atoms with Crippen LogP contribution in [-0.4, -0.2) is 46.6 Å². The van der Waals surface area contributed by atoms with Gasteiger partial charge in [0.1, 0.15) is 23.4 Å². The Kier molecular flexibility index (Phi) is 6.23. The maximum absolute atomic E-state index is 13.2. The minimum Gasteiger partial charge on any atom is -0.508 e. The van der Waals surface area contributed by atoms with Gasteiger partial charge in [0.15, 0.2) is 5.78 Å². The van der Waals surface area contributed by atoms with Crippen LogP contribution in [0.15, 0.2) is 66.7 Å². The molecule has 0 aliphatic carbocycles. The molecule has 1 fully saturated rings. The van der Waals surface area contributed by atoms with Gasteiger partial charge in [-0.3, -0.25) is 9.69 Å². The van der Waals surface area contributed by atoms with Crippen LogP contribution in [0.1, 0.15) is 35.7 Å². The molecule has 3 aromatic rings. The summed E-state index contributed by atoms with van der Waals surface area (Å²) in [5, 5.41) is 19.5. The number of nitrogens with zero attached hydrogens (tertiary/aromatic N) is 1. The maximum Gasteiger partial charge on any atom is 0.193 e. The molecule has 1 heterocycles. The van der Waals surface area contributed by atoms with Gasteiger partial charge in [-0.2, -0.15) is 0 Å². The number of phenolic OH excluding ortho intramolecular Hbond substituents is 2. The van der Waals surface area contributed by atoms with E-state index in [1.807, 2.05) is 12.1 Å². The number of benzene rings is 3. The number of piperidine rings is 1. The predicted molar refractivity (Wildman–Crippen MR) is 121 cm³/mol. The van der Waals surface area contributed by atoms with Gasteiger partial charge >= 0.3 is 0 Å². The predicted octanol–water partition coefficient (Wildman–Crippen LogP) is 4.86. The van der Waals surface area contributed by atoms with E-state index >= 15 is 0 Å². The molecule has 5 nitrogen and oxygen atoms in total. The highest BCUT2D eigenvalue weighted by atomic mass is 16.5. The van der Waals surface area contributed by atoms with E-state index in [1.165, 1.54) is 6.07 Å². The highest BCUT2D eigenvalue weighted by Crippen LogP contribution is 2.31.